The lowest BCUT2D eigenvalue weighted by Crippen LogP contribution is -2.03. The van der Waals surface area contributed by atoms with Gasteiger partial charge >= 0.3 is 5.97 Å². The van der Waals surface area contributed by atoms with E-state index in [0.717, 1.165) is 11.1 Å². The molecule has 0 aliphatic heterocycles. The number of rotatable bonds is 6. The molecular weight excluding hydrogens is 220 g/mol. The first kappa shape index (κ1) is 13.5. The Labute approximate surface area is 101 Å². The standard InChI is InChI=1S/C13H18O4/c1-9-6-7-12(17-2)10(8-9)11(14)4-3-5-13(15)16/h6-8,11,14H,3-5H2,1-2H3,(H,15,16). The van der Waals surface area contributed by atoms with Gasteiger partial charge < -0.3 is 14.9 Å². The SMILES string of the molecule is COc1ccc(C)cc1C(O)CCCC(=O)O. The van der Waals surface area contributed by atoms with Crippen LogP contribution < -0.4 is 4.74 Å². The first-order valence-electron chi connectivity index (χ1n) is 5.59. The van der Waals surface area contributed by atoms with Crippen LogP contribution in [-0.2, 0) is 4.79 Å². The highest BCUT2D eigenvalue weighted by Crippen LogP contribution is 2.29. The number of ether oxygens (including phenoxy) is 1. The van der Waals surface area contributed by atoms with Crippen molar-refractivity contribution < 1.29 is 19.7 Å². The van der Waals surface area contributed by atoms with E-state index in [1.165, 1.54) is 0 Å². The molecule has 0 spiro atoms. The highest BCUT2D eigenvalue weighted by atomic mass is 16.5. The molecule has 2 N–H and O–H groups in total. The molecule has 0 saturated carbocycles. The Bertz CT molecular complexity index is 387. The van der Waals surface area contributed by atoms with Gasteiger partial charge in [0.05, 0.1) is 13.2 Å². The van der Waals surface area contributed by atoms with Gasteiger partial charge in [-0.3, -0.25) is 4.79 Å². The fraction of sp³-hybridized carbons (Fsp3) is 0.462. The van der Waals surface area contributed by atoms with Crippen molar-refractivity contribution in [2.24, 2.45) is 0 Å². The normalized spacial score (nSPS) is 12.2. The lowest BCUT2D eigenvalue weighted by atomic mass is 10.0. The zero-order valence-electron chi connectivity index (χ0n) is 10.1. The van der Waals surface area contributed by atoms with E-state index < -0.39 is 12.1 Å². The minimum Gasteiger partial charge on any atom is -0.496 e. The summed E-state index contributed by atoms with van der Waals surface area (Å²) >= 11 is 0. The molecule has 1 aromatic rings. The first-order valence-corrected chi connectivity index (χ1v) is 5.59. The summed E-state index contributed by atoms with van der Waals surface area (Å²) in [4.78, 5) is 10.4. The van der Waals surface area contributed by atoms with E-state index in [9.17, 15) is 9.90 Å². The van der Waals surface area contributed by atoms with Crippen molar-refractivity contribution in [3.63, 3.8) is 0 Å². The van der Waals surface area contributed by atoms with Crippen LogP contribution in [-0.4, -0.2) is 23.3 Å². The van der Waals surface area contributed by atoms with Crippen LogP contribution in [0.1, 0.15) is 36.5 Å². The van der Waals surface area contributed by atoms with Crippen molar-refractivity contribution in [3.05, 3.63) is 29.3 Å². The molecule has 0 fully saturated rings. The van der Waals surface area contributed by atoms with E-state index in [4.69, 9.17) is 9.84 Å². The topological polar surface area (TPSA) is 66.8 Å². The Hall–Kier alpha value is -1.55. The lowest BCUT2D eigenvalue weighted by molar-refractivity contribution is -0.137. The number of carboxylic acids is 1. The average molecular weight is 238 g/mol. The zero-order chi connectivity index (χ0) is 12.8. The molecule has 0 bridgehead atoms. The molecule has 1 rings (SSSR count). The highest BCUT2D eigenvalue weighted by Gasteiger charge is 2.13. The fourth-order valence-corrected chi connectivity index (χ4v) is 1.72. The number of aryl methyl sites for hydroxylation is 1. The Morgan fingerprint density at radius 3 is 2.76 bits per heavy atom. The highest BCUT2D eigenvalue weighted by molar-refractivity contribution is 5.66. The largest absolute Gasteiger partial charge is 0.496 e. The van der Waals surface area contributed by atoms with E-state index in [2.05, 4.69) is 0 Å². The van der Waals surface area contributed by atoms with E-state index in [1.54, 1.807) is 7.11 Å². The smallest absolute Gasteiger partial charge is 0.303 e. The summed E-state index contributed by atoms with van der Waals surface area (Å²) in [5, 5.41) is 18.5. The maximum atomic E-state index is 10.4. The molecule has 17 heavy (non-hydrogen) atoms. The molecule has 94 valence electrons. The van der Waals surface area contributed by atoms with Crippen LogP contribution in [0.25, 0.3) is 0 Å². The van der Waals surface area contributed by atoms with Gasteiger partial charge in [-0.2, -0.15) is 0 Å². The summed E-state index contributed by atoms with van der Waals surface area (Å²) in [5.41, 5.74) is 1.76. The van der Waals surface area contributed by atoms with Crippen molar-refractivity contribution in [1.29, 1.82) is 0 Å². The van der Waals surface area contributed by atoms with Crippen LogP contribution >= 0.6 is 0 Å². The summed E-state index contributed by atoms with van der Waals surface area (Å²) in [7, 11) is 1.55. The van der Waals surface area contributed by atoms with Crippen molar-refractivity contribution in [3.8, 4) is 5.75 Å². The lowest BCUT2D eigenvalue weighted by Gasteiger charge is -2.15. The first-order chi connectivity index (χ1) is 8.04. The third-order valence-electron chi connectivity index (χ3n) is 2.61. The number of carbonyl (C=O) groups is 1. The van der Waals surface area contributed by atoms with E-state index >= 15 is 0 Å². The van der Waals surface area contributed by atoms with E-state index in [-0.39, 0.29) is 6.42 Å². The number of hydrogen-bond acceptors (Lipinski definition) is 3. The number of methoxy groups -OCH3 is 1. The summed E-state index contributed by atoms with van der Waals surface area (Å²) in [5.74, 6) is -0.202. The Kier molecular flexibility index (Phi) is 4.97. The Morgan fingerprint density at radius 2 is 2.18 bits per heavy atom. The number of carboxylic acid groups (broad SMARTS) is 1. The van der Waals surface area contributed by atoms with Crippen LogP contribution in [0.4, 0.5) is 0 Å². The van der Waals surface area contributed by atoms with E-state index in [0.29, 0.717) is 18.6 Å². The van der Waals surface area contributed by atoms with Gasteiger partial charge in [0.2, 0.25) is 0 Å². The fourth-order valence-electron chi connectivity index (χ4n) is 1.72. The second-order valence-corrected chi connectivity index (χ2v) is 4.05. The molecule has 0 aromatic heterocycles. The van der Waals surface area contributed by atoms with Gasteiger partial charge in [0, 0.05) is 12.0 Å². The molecule has 0 aliphatic rings. The van der Waals surface area contributed by atoms with Crippen LogP contribution in [0.3, 0.4) is 0 Å². The van der Waals surface area contributed by atoms with Crippen LogP contribution in [0, 0.1) is 6.92 Å². The predicted octanol–water partition coefficient (Wildman–Crippen LogP) is 2.29. The molecule has 1 aromatic carbocycles. The summed E-state index contributed by atoms with van der Waals surface area (Å²) < 4.78 is 5.17. The van der Waals surface area contributed by atoms with E-state index in [1.807, 2.05) is 25.1 Å². The quantitative estimate of drug-likeness (QED) is 0.798. The monoisotopic (exact) mass is 238 g/mol. The van der Waals surface area contributed by atoms with Crippen molar-refractivity contribution in [2.75, 3.05) is 7.11 Å². The Morgan fingerprint density at radius 1 is 1.47 bits per heavy atom. The minimum absolute atomic E-state index is 0.0746. The van der Waals surface area contributed by atoms with Crippen molar-refractivity contribution in [1.82, 2.24) is 0 Å². The van der Waals surface area contributed by atoms with Gasteiger partial charge in [0.25, 0.3) is 0 Å². The number of benzene rings is 1. The molecule has 0 aliphatic carbocycles. The third kappa shape index (κ3) is 4.07. The zero-order valence-corrected chi connectivity index (χ0v) is 10.1. The van der Waals surface area contributed by atoms with Gasteiger partial charge in [-0.1, -0.05) is 11.6 Å². The third-order valence-corrected chi connectivity index (χ3v) is 2.61. The maximum absolute atomic E-state index is 10.4. The summed E-state index contributed by atoms with van der Waals surface area (Å²) in [6.45, 7) is 1.94. The maximum Gasteiger partial charge on any atom is 0.303 e. The van der Waals surface area contributed by atoms with Crippen LogP contribution in [0.2, 0.25) is 0 Å². The number of aliphatic carboxylic acids is 1. The summed E-state index contributed by atoms with van der Waals surface area (Å²) in [6.07, 6.45) is 0.273. The molecule has 0 saturated heterocycles. The van der Waals surface area contributed by atoms with Crippen molar-refractivity contribution >= 4 is 5.97 Å². The van der Waals surface area contributed by atoms with Gasteiger partial charge in [-0.05, 0) is 31.9 Å². The van der Waals surface area contributed by atoms with Gasteiger partial charge in [0.1, 0.15) is 5.75 Å². The second kappa shape index (κ2) is 6.25. The average Bonchev–Trinajstić information content (AvgIpc) is 2.28. The molecular formula is C13H18O4. The van der Waals surface area contributed by atoms with Gasteiger partial charge in [-0.15, -0.1) is 0 Å². The van der Waals surface area contributed by atoms with Gasteiger partial charge in [-0.25, -0.2) is 0 Å². The predicted molar refractivity (Wildman–Crippen MR) is 64.2 cm³/mol. The molecule has 4 heteroatoms. The molecule has 1 unspecified atom stereocenters. The number of hydrogen-bond donors (Lipinski definition) is 2. The molecule has 0 amide bonds. The Balaban J connectivity index is 2.69. The van der Waals surface area contributed by atoms with Crippen molar-refractivity contribution in [2.45, 2.75) is 32.3 Å². The number of aliphatic hydroxyl groups is 1. The molecule has 4 nitrogen and oxygen atoms in total. The summed E-state index contributed by atoms with van der Waals surface area (Å²) in [6, 6.07) is 5.58. The second-order valence-electron chi connectivity index (χ2n) is 4.05. The van der Waals surface area contributed by atoms with Crippen LogP contribution in [0.5, 0.6) is 5.75 Å². The molecule has 0 radical (unpaired) electrons. The van der Waals surface area contributed by atoms with Crippen LogP contribution in [0.15, 0.2) is 18.2 Å². The molecule has 1 atom stereocenters. The van der Waals surface area contributed by atoms with Gasteiger partial charge in [0.15, 0.2) is 0 Å². The number of aliphatic hydroxyl groups excluding tert-OH is 1. The molecule has 0 heterocycles. The minimum atomic E-state index is -0.839.